The van der Waals surface area contributed by atoms with Crippen molar-refractivity contribution in [2.45, 2.75) is 0 Å². The molecule has 0 atom stereocenters. The first-order valence-corrected chi connectivity index (χ1v) is 6.05. The van der Waals surface area contributed by atoms with E-state index in [1.807, 2.05) is 24.3 Å². The van der Waals surface area contributed by atoms with Gasteiger partial charge < -0.3 is 0 Å². The lowest BCUT2D eigenvalue weighted by Crippen LogP contribution is -1.81. The van der Waals surface area contributed by atoms with Gasteiger partial charge in [0, 0.05) is 5.02 Å². The summed E-state index contributed by atoms with van der Waals surface area (Å²) in [7, 11) is 0. The van der Waals surface area contributed by atoms with Crippen LogP contribution >= 0.6 is 34.8 Å². The number of hydrogen-bond acceptors (Lipinski definition) is 0. The lowest BCUT2D eigenvalue weighted by molar-refractivity contribution is 1.59. The Labute approximate surface area is 115 Å². The van der Waals surface area contributed by atoms with Crippen LogP contribution in [0, 0.1) is 6.58 Å². The fourth-order valence-corrected chi connectivity index (χ4v) is 2.01. The Kier molecular flexibility index (Phi) is 3.78. The number of benzene rings is 2. The zero-order valence-corrected chi connectivity index (χ0v) is 11.0. The van der Waals surface area contributed by atoms with Crippen LogP contribution in [0.25, 0.3) is 17.2 Å². The smallest absolute Gasteiger partial charge is 0.0598 e. The number of rotatable bonds is 2. The van der Waals surface area contributed by atoms with Gasteiger partial charge in [0.05, 0.1) is 10.0 Å². The third-order valence-electron chi connectivity index (χ3n) is 2.43. The van der Waals surface area contributed by atoms with Crippen LogP contribution in [-0.4, -0.2) is 0 Å². The van der Waals surface area contributed by atoms with Gasteiger partial charge in [0.15, 0.2) is 0 Å². The van der Waals surface area contributed by atoms with E-state index >= 15 is 0 Å². The van der Waals surface area contributed by atoms with Gasteiger partial charge in [-0.1, -0.05) is 59.6 Å². The van der Waals surface area contributed by atoms with Crippen molar-refractivity contribution < 1.29 is 0 Å². The molecule has 0 aliphatic rings. The quantitative estimate of drug-likeness (QED) is 0.657. The first kappa shape index (κ1) is 12.5. The van der Waals surface area contributed by atoms with E-state index in [0.29, 0.717) is 15.1 Å². The lowest BCUT2D eigenvalue weighted by Gasteiger charge is -2.06. The summed E-state index contributed by atoms with van der Waals surface area (Å²) in [6.07, 6.45) is 1.48. The van der Waals surface area contributed by atoms with Crippen molar-refractivity contribution in [2.75, 3.05) is 0 Å². The fraction of sp³-hybridized carbons (Fsp3) is 0. The highest BCUT2D eigenvalue weighted by Crippen LogP contribution is 2.30. The Morgan fingerprint density at radius 2 is 1.35 bits per heavy atom. The molecule has 2 aromatic carbocycles. The summed E-state index contributed by atoms with van der Waals surface area (Å²) < 4.78 is 0. The average molecular weight is 283 g/mol. The minimum absolute atomic E-state index is 0.525. The first-order valence-electron chi connectivity index (χ1n) is 4.92. The number of hydrogen-bond donors (Lipinski definition) is 0. The lowest BCUT2D eigenvalue weighted by atomic mass is 10.0. The molecule has 0 saturated carbocycles. The highest BCUT2D eigenvalue weighted by Gasteiger charge is 2.04. The van der Waals surface area contributed by atoms with Gasteiger partial charge in [-0.2, -0.15) is 0 Å². The molecule has 85 valence electrons. The number of halogens is 3. The summed E-state index contributed by atoms with van der Waals surface area (Å²) >= 11 is 17.8. The van der Waals surface area contributed by atoms with Crippen molar-refractivity contribution in [3.63, 3.8) is 0 Å². The van der Waals surface area contributed by atoms with Crippen LogP contribution in [0.3, 0.4) is 0 Å². The molecule has 0 spiro atoms. The molecule has 0 unspecified atom stereocenters. The van der Waals surface area contributed by atoms with Crippen LogP contribution in [0.2, 0.25) is 15.1 Å². The summed E-state index contributed by atoms with van der Waals surface area (Å²) in [5.41, 5.74) is 2.75. The maximum Gasteiger partial charge on any atom is 0.0598 e. The van der Waals surface area contributed by atoms with E-state index in [1.165, 1.54) is 6.08 Å². The molecule has 0 fully saturated rings. The van der Waals surface area contributed by atoms with Gasteiger partial charge in [-0.3, -0.25) is 0 Å². The van der Waals surface area contributed by atoms with Gasteiger partial charge in [-0.05, 0) is 41.0 Å². The minimum atomic E-state index is 0.525. The zero-order chi connectivity index (χ0) is 12.4. The Bertz CT molecular complexity index is 574. The van der Waals surface area contributed by atoms with E-state index in [1.54, 1.807) is 12.1 Å². The molecule has 0 aliphatic heterocycles. The molecule has 3 heteroatoms. The second-order valence-electron chi connectivity index (χ2n) is 3.53. The summed E-state index contributed by atoms with van der Waals surface area (Å²) in [6.45, 7) is 5.50. The Balaban J connectivity index is 2.52. The highest BCUT2D eigenvalue weighted by atomic mass is 35.5. The van der Waals surface area contributed by atoms with E-state index in [0.717, 1.165) is 16.7 Å². The molecule has 0 nitrogen and oxygen atoms in total. The normalized spacial score (nSPS) is 10.3. The second-order valence-corrected chi connectivity index (χ2v) is 4.75. The molecule has 0 aliphatic carbocycles. The van der Waals surface area contributed by atoms with E-state index < -0.39 is 0 Å². The molecule has 0 heterocycles. The van der Waals surface area contributed by atoms with Crippen molar-refractivity contribution in [3.8, 4) is 11.1 Å². The molecule has 0 saturated heterocycles. The van der Waals surface area contributed by atoms with Crippen molar-refractivity contribution in [1.29, 1.82) is 0 Å². The summed E-state index contributed by atoms with van der Waals surface area (Å²) in [6, 6.07) is 11.1. The third-order valence-corrected chi connectivity index (χ3v) is 3.51. The average Bonchev–Trinajstić information content (AvgIpc) is 2.33. The molecular formula is C14H8Cl3. The Hall–Kier alpha value is -0.950. The van der Waals surface area contributed by atoms with Crippen molar-refractivity contribution in [1.82, 2.24) is 0 Å². The summed E-state index contributed by atoms with van der Waals surface area (Å²) in [4.78, 5) is 0. The van der Waals surface area contributed by atoms with E-state index in [-0.39, 0.29) is 0 Å². The van der Waals surface area contributed by atoms with Crippen LogP contribution in [0.15, 0.2) is 36.4 Å². The first-order chi connectivity index (χ1) is 8.11. The van der Waals surface area contributed by atoms with Gasteiger partial charge >= 0.3 is 0 Å². The molecule has 17 heavy (non-hydrogen) atoms. The van der Waals surface area contributed by atoms with Crippen LogP contribution in [0.1, 0.15) is 5.56 Å². The molecular weight excluding hydrogens is 275 g/mol. The fourth-order valence-electron chi connectivity index (χ4n) is 1.53. The summed E-state index contributed by atoms with van der Waals surface area (Å²) in [5.74, 6) is 0. The maximum absolute atomic E-state index is 5.98. The predicted molar refractivity (Wildman–Crippen MR) is 75.7 cm³/mol. The van der Waals surface area contributed by atoms with Gasteiger partial charge in [0.1, 0.15) is 0 Å². The van der Waals surface area contributed by atoms with Gasteiger partial charge in [0.2, 0.25) is 0 Å². The molecule has 0 amide bonds. The van der Waals surface area contributed by atoms with E-state index in [4.69, 9.17) is 41.4 Å². The van der Waals surface area contributed by atoms with Gasteiger partial charge in [-0.15, -0.1) is 0 Å². The van der Waals surface area contributed by atoms with Crippen LogP contribution in [0.5, 0.6) is 0 Å². The molecule has 1 radical (unpaired) electrons. The second kappa shape index (κ2) is 5.14. The predicted octanol–water partition coefficient (Wildman–Crippen LogP) is 5.76. The largest absolute Gasteiger partial charge is 0.0837 e. The zero-order valence-electron chi connectivity index (χ0n) is 8.75. The molecule has 2 aromatic rings. The third kappa shape index (κ3) is 2.66. The molecule has 0 N–H and O–H groups in total. The highest BCUT2D eigenvalue weighted by molar-refractivity contribution is 6.42. The summed E-state index contributed by atoms with van der Waals surface area (Å²) in [5, 5.41) is 1.68. The SMILES string of the molecule is [CH]=Cc1cc(-c2ccc(Cl)c(Cl)c2)ccc1Cl. The maximum atomic E-state index is 5.98. The van der Waals surface area contributed by atoms with Crippen LogP contribution < -0.4 is 0 Å². The van der Waals surface area contributed by atoms with Crippen molar-refractivity contribution in [3.05, 3.63) is 63.6 Å². The molecule has 2 rings (SSSR count). The van der Waals surface area contributed by atoms with Crippen molar-refractivity contribution >= 4 is 40.9 Å². The van der Waals surface area contributed by atoms with Crippen molar-refractivity contribution in [2.24, 2.45) is 0 Å². The van der Waals surface area contributed by atoms with Crippen LogP contribution in [0.4, 0.5) is 0 Å². The Morgan fingerprint density at radius 3 is 1.94 bits per heavy atom. The van der Waals surface area contributed by atoms with E-state index in [2.05, 4.69) is 0 Å². The van der Waals surface area contributed by atoms with Gasteiger partial charge in [0.25, 0.3) is 0 Å². The van der Waals surface area contributed by atoms with Crippen LogP contribution in [-0.2, 0) is 0 Å². The molecule has 0 aromatic heterocycles. The monoisotopic (exact) mass is 281 g/mol. The Morgan fingerprint density at radius 1 is 0.765 bits per heavy atom. The van der Waals surface area contributed by atoms with Gasteiger partial charge in [-0.25, -0.2) is 0 Å². The standard InChI is InChI=1S/C14H8Cl3/c1-2-9-7-10(3-5-12(9)15)11-4-6-13(16)14(17)8-11/h1-8H. The minimum Gasteiger partial charge on any atom is -0.0837 e. The molecule has 0 bridgehead atoms. The topological polar surface area (TPSA) is 0 Å². The van der Waals surface area contributed by atoms with E-state index in [9.17, 15) is 0 Å².